The first-order valence-electron chi connectivity index (χ1n) is 8.70. The van der Waals surface area contributed by atoms with Gasteiger partial charge in [-0.2, -0.15) is 0 Å². The fraction of sp³-hybridized carbons (Fsp3) is 0.286. The topological polar surface area (TPSA) is 40.5 Å². The number of fused-ring (bicyclic) bond motifs is 1. The summed E-state index contributed by atoms with van der Waals surface area (Å²) in [5, 5.41) is 1.17. The standard InChI is InChI=1S/C21H23NO3/c1-3-18(25-21(23)24-4-2)15-22-19-13-9-8-12-17(19)14-20(22)16-10-6-5-7-11-16/h5-14,18H,3-4,15H2,1-2H3. The fourth-order valence-corrected chi connectivity index (χ4v) is 3.00. The van der Waals surface area contributed by atoms with Crippen molar-refractivity contribution in [3.8, 4) is 11.3 Å². The van der Waals surface area contributed by atoms with Crippen molar-refractivity contribution >= 4 is 17.1 Å². The lowest BCUT2D eigenvalue weighted by Crippen LogP contribution is -2.24. The van der Waals surface area contributed by atoms with Gasteiger partial charge < -0.3 is 14.0 Å². The van der Waals surface area contributed by atoms with E-state index in [1.54, 1.807) is 6.92 Å². The van der Waals surface area contributed by atoms with Crippen molar-refractivity contribution < 1.29 is 14.3 Å². The molecule has 3 rings (SSSR count). The number of carbonyl (C=O) groups is 1. The molecule has 0 aliphatic carbocycles. The summed E-state index contributed by atoms with van der Waals surface area (Å²) in [7, 11) is 0. The molecule has 1 aromatic heterocycles. The van der Waals surface area contributed by atoms with Gasteiger partial charge in [0, 0.05) is 16.6 Å². The molecule has 0 radical (unpaired) electrons. The SMILES string of the molecule is CCOC(=O)OC(CC)Cn1c(-c2ccccc2)cc2ccccc21. The van der Waals surface area contributed by atoms with Gasteiger partial charge in [-0.25, -0.2) is 4.79 Å². The largest absolute Gasteiger partial charge is 0.508 e. The van der Waals surface area contributed by atoms with Gasteiger partial charge in [0.15, 0.2) is 0 Å². The summed E-state index contributed by atoms with van der Waals surface area (Å²) in [6.07, 6.45) is -0.121. The molecule has 25 heavy (non-hydrogen) atoms. The highest BCUT2D eigenvalue weighted by atomic mass is 16.7. The van der Waals surface area contributed by atoms with Crippen LogP contribution in [0.1, 0.15) is 20.3 Å². The third-order valence-electron chi connectivity index (χ3n) is 4.25. The zero-order valence-electron chi connectivity index (χ0n) is 14.6. The molecule has 1 heterocycles. The molecule has 0 aliphatic rings. The first-order chi connectivity index (χ1) is 12.2. The van der Waals surface area contributed by atoms with Crippen LogP contribution in [0.5, 0.6) is 0 Å². The van der Waals surface area contributed by atoms with Crippen molar-refractivity contribution in [2.24, 2.45) is 0 Å². The number of hydrogen-bond acceptors (Lipinski definition) is 3. The Kier molecular flexibility index (Phi) is 5.39. The number of aromatic nitrogens is 1. The molecule has 0 spiro atoms. The zero-order valence-corrected chi connectivity index (χ0v) is 14.6. The van der Waals surface area contributed by atoms with Gasteiger partial charge in [-0.15, -0.1) is 0 Å². The van der Waals surface area contributed by atoms with Crippen molar-refractivity contribution in [2.45, 2.75) is 32.9 Å². The lowest BCUT2D eigenvalue weighted by atomic mass is 10.1. The van der Waals surface area contributed by atoms with Crippen LogP contribution in [0.2, 0.25) is 0 Å². The van der Waals surface area contributed by atoms with Gasteiger partial charge in [-0.1, -0.05) is 55.5 Å². The maximum absolute atomic E-state index is 11.7. The van der Waals surface area contributed by atoms with E-state index < -0.39 is 6.16 Å². The molecule has 130 valence electrons. The predicted octanol–water partition coefficient (Wildman–Crippen LogP) is 5.26. The van der Waals surface area contributed by atoms with Crippen molar-refractivity contribution in [3.05, 3.63) is 60.7 Å². The molecule has 4 heteroatoms. The lowest BCUT2D eigenvalue weighted by molar-refractivity contribution is 0.0198. The molecule has 0 saturated heterocycles. The summed E-state index contributed by atoms with van der Waals surface area (Å²) in [6.45, 7) is 4.69. The van der Waals surface area contributed by atoms with Gasteiger partial charge in [-0.05, 0) is 31.0 Å². The molecule has 0 aliphatic heterocycles. The first kappa shape index (κ1) is 17.1. The van der Waals surface area contributed by atoms with Crippen LogP contribution in [-0.4, -0.2) is 23.4 Å². The second-order valence-electron chi connectivity index (χ2n) is 5.90. The van der Waals surface area contributed by atoms with Gasteiger partial charge in [0.25, 0.3) is 0 Å². The van der Waals surface area contributed by atoms with E-state index in [4.69, 9.17) is 9.47 Å². The minimum Gasteiger partial charge on any atom is -0.435 e. The van der Waals surface area contributed by atoms with Gasteiger partial charge in [-0.3, -0.25) is 0 Å². The third kappa shape index (κ3) is 3.85. The van der Waals surface area contributed by atoms with E-state index in [1.165, 1.54) is 5.39 Å². The molecule has 0 saturated carbocycles. The first-order valence-corrected chi connectivity index (χ1v) is 8.70. The second kappa shape index (κ2) is 7.88. The van der Waals surface area contributed by atoms with E-state index in [9.17, 15) is 4.79 Å². The molecule has 4 nitrogen and oxygen atoms in total. The Labute approximate surface area is 148 Å². The van der Waals surface area contributed by atoms with E-state index >= 15 is 0 Å². The monoisotopic (exact) mass is 337 g/mol. The summed E-state index contributed by atoms with van der Waals surface area (Å²) < 4.78 is 12.6. The predicted molar refractivity (Wildman–Crippen MR) is 99.6 cm³/mol. The van der Waals surface area contributed by atoms with Crippen LogP contribution in [0.3, 0.4) is 0 Å². The minimum absolute atomic E-state index is 0.239. The maximum Gasteiger partial charge on any atom is 0.508 e. The molecule has 1 unspecified atom stereocenters. The van der Waals surface area contributed by atoms with Crippen LogP contribution in [0.4, 0.5) is 4.79 Å². The van der Waals surface area contributed by atoms with Crippen LogP contribution in [0, 0.1) is 0 Å². The van der Waals surface area contributed by atoms with E-state index in [1.807, 2.05) is 37.3 Å². The summed E-state index contributed by atoms with van der Waals surface area (Å²) in [5.74, 6) is 0. The Hall–Kier alpha value is -2.75. The lowest BCUT2D eigenvalue weighted by Gasteiger charge is -2.19. The van der Waals surface area contributed by atoms with Gasteiger partial charge in [0.1, 0.15) is 6.10 Å². The Morgan fingerprint density at radius 1 is 1.04 bits per heavy atom. The minimum atomic E-state index is -0.605. The highest BCUT2D eigenvalue weighted by molar-refractivity contribution is 5.87. The van der Waals surface area contributed by atoms with Crippen LogP contribution in [0.25, 0.3) is 22.2 Å². The fourth-order valence-electron chi connectivity index (χ4n) is 3.00. The third-order valence-corrected chi connectivity index (χ3v) is 4.25. The van der Waals surface area contributed by atoms with E-state index in [2.05, 4.69) is 34.9 Å². The Morgan fingerprint density at radius 2 is 1.76 bits per heavy atom. The summed E-state index contributed by atoms with van der Waals surface area (Å²) >= 11 is 0. The smallest absolute Gasteiger partial charge is 0.435 e. The molecule has 2 aromatic carbocycles. The molecular formula is C21H23NO3. The van der Waals surface area contributed by atoms with E-state index in [-0.39, 0.29) is 6.10 Å². The van der Waals surface area contributed by atoms with Gasteiger partial charge in [0.05, 0.1) is 13.2 Å². The summed E-state index contributed by atoms with van der Waals surface area (Å²) in [4.78, 5) is 11.7. The van der Waals surface area contributed by atoms with Crippen molar-refractivity contribution in [3.63, 3.8) is 0 Å². The Morgan fingerprint density at radius 3 is 2.48 bits per heavy atom. The number of benzene rings is 2. The van der Waals surface area contributed by atoms with Crippen molar-refractivity contribution in [2.75, 3.05) is 6.61 Å². The molecule has 0 amide bonds. The molecule has 3 aromatic rings. The summed E-state index contributed by atoms with van der Waals surface area (Å²) in [5.41, 5.74) is 3.39. The Balaban J connectivity index is 1.97. The van der Waals surface area contributed by atoms with Crippen molar-refractivity contribution in [1.82, 2.24) is 4.57 Å². The van der Waals surface area contributed by atoms with E-state index in [0.717, 1.165) is 23.2 Å². The van der Waals surface area contributed by atoms with Gasteiger partial charge >= 0.3 is 6.16 Å². The van der Waals surface area contributed by atoms with E-state index in [0.29, 0.717) is 13.2 Å². The number of carbonyl (C=O) groups excluding carboxylic acids is 1. The number of nitrogens with zero attached hydrogens (tertiary/aromatic N) is 1. The molecule has 1 atom stereocenters. The van der Waals surface area contributed by atoms with Crippen LogP contribution >= 0.6 is 0 Å². The number of hydrogen-bond donors (Lipinski definition) is 0. The molecule has 0 fully saturated rings. The number of ether oxygens (including phenoxy) is 2. The van der Waals surface area contributed by atoms with Crippen molar-refractivity contribution in [1.29, 1.82) is 0 Å². The molecule has 0 N–H and O–H groups in total. The van der Waals surface area contributed by atoms with Crippen LogP contribution in [0.15, 0.2) is 60.7 Å². The van der Waals surface area contributed by atoms with Crippen LogP contribution in [-0.2, 0) is 16.0 Å². The average Bonchev–Trinajstić information content (AvgIpc) is 3.00. The molecular weight excluding hydrogens is 314 g/mol. The highest BCUT2D eigenvalue weighted by Crippen LogP contribution is 2.29. The number of rotatable bonds is 6. The van der Waals surface area contributed by atoms with Crippen LogP contribution < -0.4 is 0 Å². The Bertz CT molecular complexity index is 839. The summed E-state index contributed by atoms with van der Waals surface area (Å²) in [6, 6.07) is 20.7. The maximum atomic E-state index is 11.7. The molecule has 0 bridgehead atoms. The zero-order chi connectivity index (χ0) is 17.6. The average molecular weight is 337 g/mol. The quantitative estimate of drug-likeness (QED) is 0.576. The van der Waals surface area contributed by atoms with Gasteiger partial charge in [0.2, 0.25) is 0 Å². The second-order valence-corrected chi connectivity index (χ2v) is 5.90. The normalized spacial score (nSPS) is 12.1. The number of para-hydroxylation sites is 1. The highest BCUT2D eigenvalue weighted by Gasteiger charge is 2.18.